The first kappa shape index (κ1) is 10.1. The summed E-state index contributed by atoms with van der Waals surface area (Å²) in [7, 11) is 0. The Labute approximate surface area is 81.7 Å². The van der Waals surface area contributed by atoms with E-state index in [9.17, 15) is 4.79 Å². The van der Waals surface area contributed by atoms with Crippen molar-refractivity contribution in [1.82, 2.24) is 9.55 Å². The van der Waals surface area contributed by atoms with Crippen LogP contribution in [-0.2, 0) is 4.79 Å². The summed E-state index contributed by atoms with van der Waals surface area (Å²) in [4.78, 5) is 14.7. The second-order valence-corrected chi connectivity index (χ2v) is 3.52. The number of primary amides is 1. The van der Waals surface area contributed by atoms with Crippen molar-refractivity contribution in [1.29, 1.82) is 0 Å². The lowest BCUT2D eigenvalue weighted by atomic mass is 10.3. The van der Waals surface area contributed by atoms with Crippen molar-refractivity contribution in [2.24, 2.45) is 5.73 Å². The number of amides is 1. The average molecular weight is 202 g/mol. The molecule has 5 heteroatoms. The SMILES string of the molecule is CC(C)n1cncc1C(Cl)C(N)=O. The lowest BCUT2D eigenvalue weighted by Gasteiger charge is -2.13. The van der Waals surface area contributed by atoms with Crippen LogP contribution in [-0.4, -0.2) is 15.5 Å². The second-order valence-electron chi connectivity index (χ2n) is 3.08. The quantitative estimate of drug-likeness (QED) is 0.748. The molecule has 1 aromatic rings. The van der Waals surface area contributed by atoms with E-state index >= 15 is 0 Å². The van der Waals surface area contributed by atoms with Gasteiger partial charge in [0.1, 0.15) is 0 Å². The van der Waals surface area contributed by atoms with E-state index < -0.39 is 11.3 Å². The van der Waals surface area contributed by atoms with Crippen molar-refractivity contribution in [3.05, 3.63) is 18.2 Å². The fourth-order valence-electron chi connectivity index (χ4n) is 1.09. The molecule has 4 nitrogen and oxygen atoms in total. The molecule has 0 aliphatic rings. The van der Waals surface area contributed by atoms with E-state index in [-0.39, 0.29) is 6.04 Å². The molecule has 0 saturated heterocycles. The molecule has 0 aliphatic heterocycles. The Bertz CT molecular complexity index is 308. The Kier molecular flexibility index (Phi) is 2.93. The molecule has 0 saturated carbocycles. The van der Waals surface area contributed by atoms with Gasteiger partial charge in [-0.15, -0.1) is 11.6 Å². The number of hydrogen-bond acceptors (Lipinski definition) is 2. The van der Waals surface area contributed by atoms with Gasteiger partial charge in [-0.25, -0.2) is 4.98 Å². The smallest absolute Gasteiger partial charge is 0.241 e. The van der Waals surface area contributed by atoms with Crippen LogP contribution in [0.4, 0.5) is 0 Å². The Balaban J connectivity index is 3.00. The number of halogens is 1. The van der Waals surface area contributed by atoms with E-state index in [0.29, 0.717) is 5.69 Å². The number of nitrogens with two attached hydrogens (primary N) is 1. The van der Waals surface area contributed by atoms with E-state index in [4.69, 9.17) is 17.3 Å². The van der Waals surface area contributed by atoms with Crippen LogP contribution in [0.3, 0.4) is 0 Å². The van der Waals surface area contributed by atoms with E-state index in [1.54, 1.807) is 12.5 Å². The minimum atomic E-state index is -0.801. The van der Waals surface area contributed by atoms with Crippen molar-refractivity contribution < 1.29 is 4.79 Å². The summed E-state index contributed by atoms with van der Waals surface area (Å²) in [5, 5.41) is -0.801. The number of alkyl halides is 1. The van der Waals surface area contributed by atoms with Crippen molar-refractivity contribution in [2.45, 2.75) is 25.3 Å². The predicted octanol–water partition coefficient (Wildman–Crippen LogP) is 1.23. The molecule has 72 valence electrons. The molecule has 1 unspecified atom stereocenters. The van der Waals surface area contributed by atoms with Gasteiger partial charge in [-0.1, -0.05) is 0 Å². The molecule has 2 N–H and O–H groups in total. The fourth-order valence-corrected chi connectivity index (χ4v) is 1.26. The summed E-state index contributed by atoms with van der Waals surface area (Å²) in [5.74, 6) is -0.552. The van der Waals surface area contributed by atoms with E-state index in [0.717, 1.165) is 0 Å². The Hall–Kier alpha value is -1.03. The minimum absolute atomic E-state index is 0.220. The first-order chi connectivity index (χ1) is 6.04. The third-order valence-electron chi connectivity index (χ3n) is 1.76. The minimum Gasteiger partial charge on any atom is -0.368 e. The fraction of sp³-hybridized carbons (Fsp3) is 0.500. The summed E-state index contributed by atoms with van der Waals surface area (Å²) < 4.78 is 1.82. The Morgan fingerprint density at radius 2 is 2.31 bits per heavy atom. The zero-order chi connectivity index (χ0) is 10.0. The van der Waals surface area contributed by atoms with Crippen molar-refractivity contribution >= 4 is 17.5 Å². The standard InChI is InChI=1S/C8H12ClN3O/c1-5(2)12-4-11-3-6(12)7(9)8(10)13/h3-5,7H,1-2H3,(H2,10,13). The highest BCUT2D eigenvalue weighted by atomic mass is 35.5. The van der Waals surface area contributed by atoms with Gasteiger partial charge >= 0.3 is 0 Å². The van der Waals surface area contributed by atoms with E-state index in [2.05, 4.69) is 4.98 Å². The zero-order valence-corrected chi connectivity index (χ0v) is 8.32. The number of rotatable bonds is 3. The largest absolute Gasteiger partial charge is 0.368 e. The van der Waals surface area contributed by atoms with Gasteiger partial charge in [-0.05, 0) is 13.8 Å². The summed E-state index contributed by atoms with van der Waals surface area (Å²) in [6.07, 6.45) is 3.20. The van der Waals surface area contributed by atoms with Crippen LogP contribution in [0.1, 0.15) is 31.0 Å². The molecule has 1 rings (SSSR count). The van der Waals surface area contributed by atoms with Gasteiger partial charge in [-0.2, -0.15) is 0 Å². The number of aromatic nitrogens is 2. The van der Waals surface area contributed by atoms with Crippen molar-refractivity contribution in [3.63, 3.8) is 0 Å². The number of imidazole rings is 1. The van der Waals surface area contributed by atoms with Crippen molar-refractivity contribution in [3.8, 4) is 0 Å². The van der Waals surface area contributed by atoms with Crippen LogP contribution in [0.2, 0.25) is 0 Å². The van der Waals surface area contributed by atoms with Crippen LogP contribution in [0.25, 0.3) is 0 Å². The van der Waals surface area contributed by atoms with E-state index in [1.807, 2.05) is 18.4 Å². The maximum absolute atomic E-state index is 10.8. The van der Waals surface area contributed by atoms with Crippen LogP contribution in [0.5, 0.6) is 0 Å². The highest BCUT2D eigenvalue weighted by Crippen LogP contribution is 2.21. The molecule has 1 amide bonds. The van der Waals surface area contributed by atoms with Gasteiger partial charge in [0.2, 0.25) is 5.91 Å². The summed E-state index contributed by atoms with van der Waals surface area (Å²) in [6.45, 7) is 3.96. The molecule has 0 fully saturated rings. The molecule has 1 atom stereocenters. The topological polar surface area (TPSA) is 60.9 Å². The number of carbonyl (C=O) groups is 1. The van der Waals surface area contributed by atoms with Gasteiger partial charge in [0, 0.05) is 6.04 Å². The predicted molar refractivity (Wildman–Crippen MR) is 50.4 cm³/mol. The molecule has 0 bridgehead atoms. The lowest BCUT2D eigenvalue weighted by Crippen LogP contribution is -2.20. The third-order valence-corrected chi connectivity index (χ3v) is 2.20. The van der Waals surface area contributed by atoms with Crippen LogP contribution in [0.15, 0.2) is 12.5 Å². The molecule has 13 heavy (non-hydrogen) atoms. The van der Waals surface area contributed by atoms with Gasteiger partial charge in [0.05, 0.1) is 18.2 Å². The average Bonchev–Trinajstić information content (AvgIpc) is 2.50. The van der Waals surface area contributed by atoms with Crippen molar-refractivity contribution in [2.75, 3.05) is 0 Å². The summed E-state index contributed by atoms with van der Waals surface area (Å²) in [5.41, 5.74) is 5.73. The zero-order valence-electron chi connectivity index (χ0n) is 7.57. The molecule has 0 aliphatic carbocycles. The molecule has 1 aromatic heterocycles. The lowest BCUT2D eigenvalue weighted by molar-refractivity contribution is -0.117. The normalized spacial score (nSPS) is 13.2. The third kappa shape index (κ3) is 2.01. The summed E-state index contributed by atoms with van der Waals surface area (Å²) >= 11 is 5.80. The molecule has 0 radical (unpaired) electrons. The number of carbonyl (C=O) groups excluding carboxylic acids is 1. The van der Waals surface area contributed by atoms with Gasteiger partial charge in [0.15, 0.2) is 5.38 Å². The molecule has 0 spiro atoms. The maximum Gasteiger partial charge on any atom is 0.241 e. The maximum atomic E-state index is 10.8. The number of nitrogens with zero attached hydrogens (tertiary/aromatic N) is 2. The Morgan fingerprint density at radius 1 is 1.69 bits per heavy atom. The number of hydrogen-bond donors (Lipinski definition) is 1. The second kappa shape index (κ2) is 3.79. The van der Waals surface area contributed by atoms with Crippen LogP contribution in [0, 0.1) is 0 Å². The van der Waals surface area contributed by atoms with E-state index in [1.165, 1.54) is 0 Å². The molecular weight excluding hydrogens is 190 g/mol. The Morgan fingerprint density at radius 3 is 2.77 bits per heavy atom. The van der Waals surface area contributed by atoms with Gasteiger partial charge < -0.3 is 10.3 Å². The molecule has 1 heterocycles. The van der Waals surface area contributed by atoms with Gasteiger partial charge in [-0.3, -0.25) is 4.79 Å². The monoisotopic (exact) mass is 201 g/mol. The van der Waals surface area contributed by atoms with Gasteiger partial charge in [0.25, 0.3) is 0 Å². The van der Waals surface area contributed by atoms with Crippen LogP contribution < -0.4 is 5.73 Å². The highest BCUT2D eigenvalue weighted by molar-refractivity contribution is 6.30. The highest BCUT2D eigenvalue weighted by Gasteiger charge is 2.19. The van der Waals surface area contributed by atoms with Crippen LogP contribution >= 0.6 is 11.6 Å². The molecular formula is C8H12ClN3O. The molecule has 0 aromatic carbocycles. The first-order valence-corrected chi connectivity index (χ1v) is 4.42. The first-order valence-electron chi connectivity index (χ1n) is 3.99. The summed E-state index contributed by atoms with van der Waals surface area (Å²) in [6, 6.07) is 0.220.